The van der Waals surface area contributed by atoms with Crippen LogP contribution in [-0.2, 0) is 6.54 Å². The van der Waals surface area contributed by atoms with Crippen LogP contribution < -0.4 is 5.32 Å². The molecule has 0 bridgehead atoms. The molecule has 0 aliphatic heterocycles. The Hall–Kier alpha value is -1.20. The first-order valence-corrected chi connectivity index (χ1v) is 7.06. The normalized spacial score (nSPS) is 11.2. The van der Waals surface area contributed by atoms with Gasteiger partial charge in [-0.05, 0) is 40.5 Å². The number of rotatable bonds is 5. The summed E-state index contributed by atoms with van der Waals surface area (Å²) in [7, 11) is 0. The van der Waals surface area contributed by atoms with Gasteiger partial charge in [-0.2, -0.15) is 5.10 Å². The van der Waals surface area contributed by atoms with Crippen LogP contribution in [0.4, 0.5) is 4.39 Å². The summed E-state index contributed by atoms with van der Waals surface area (Å²) in [4.78, 5) is 0. The van der Waals surface area contributed by atoms with Crippen molar-refractivity contribution in [3.05, 3.63) is 46.4 Å². The van der Waals surface area contributed by atoms with Crippen LogP contribution in [0.15, 0.2) is 35.1 Å². The Morgan fingerprint density at radius 2 is 2.21 bits per heavy atom. The van der Waals surface area contributed by atoms with Crippen LogP contribution in [0.5, 0.6) is 0 Å². The highest BCUT2D eigenvalue weighted by molar-refractivity contribution is 9.10. The number of benzene rings is 1. The highest BCUT2D eigenvalue weighted by Gasteiger charge is 2.11. The van der Waals surface area contributed by atoms with Crippen molar-refractivity contribution in [1.29, 1.82) is 0 Å². The zero-order valence-corrected chi connectivity index (χ0v) is 12.6. The highest BCUT2D eigenvalue weighted by atomic mass is 79.9. The molecule has 19 heavy (non-hydrogen) atoms. The molecule has 0 atom stereocenters. The molecule has 0 aliphatic rings. The standard InChI is InChI=1S/C14H17BrFN3/c1-10(2)6-17-8-12-13(16)4-3-5-14(12)19-9-11(15)7-18-19/h3-5,7,9-10,17H,6,8H2,1-2H3. The summed E-state index contributed by atoms with van der Waals surface area (Å²) >= 11 is 3.35. The van der Waals surface area contributed by atoms with Gasteiger partial charge in [0, 0.05) is 18.3 Å². The lowest BCUT2D eigenvalue weighted by Gasteiger charge is -2.12. The summed E-state index contributed by atoms with van der Waals surface area (Å²) in [6.07, 6.45) is 3.51. The largest absolute Gasteiger partial charge is 0.312 e. The van der Waals surface area contributed by atoms with Crippen molar-refractivity contribution in [3.63, 3.8) is 0 Å². The molecule has 5 heteroatoms. The third-order valence-electron chi connectivity index (χ3n) is 2.75. The van der Waals surface area contributed by atoms with Gasteiger partial charge < -0.3 is 5.32 Å². The Kier molecular flexibility index (Phi) is 4.71. The number of aromatic nitrogens is 2. The fourth-order valence-corrected chi connectivity index (χ4v) is 2.14. The number of hydrogen-bond donors (Lipinski definition) is 1. The number of halogens is 2. The van der Waals surface area contributed by atoms with Crippen LogP contribution in [0.3, 0.4) is 0 Å². The number of nitrogens with zero attached hydrogens (tertiary/aromatic N) is 2. The molecule has 2 aromatic rings. The van der Waals surface area contributed by atoms with E-state index in [1.807, 2.05) is 12.3 Å². The molecule has 1 aromatic carbocycles. The van der Waals surface area contributed by atoms with Gasteiger partial charge in [0.05, 0.1) is 16.4 Å². The van der Waals surface area contributed by atoms with Crippen molar-refractivity contribution in [2.45, 2.75) is 20.4 Å². The minimum absolute atomic E-state index is 0.208. The zero-order valence-electron chi connectivity index (χ0n) is 11.0. The fourth-order valence-electron chi connectivity index (χ4n) is 1.86. The van der Waals surface area contributed by atoms with E-state index in [1.165, 1.54) is 6.07 Å². The van der Waals surface area contributed by atoms with Crippen molar-refractivity contribution < 1.29 is 4.39 Å². The molecule has 0 saturated carbocycles. The predicted molar refractivity (Wildman–Crippen MR) is 77.8 cm³/mol. The molecule has 0 amide bonds. The molecular formula is C14H17BrFN3. The van der Waals surface area contributed by atoms with E-state index in [-0.39, 0.29) is 5.82 Å². The van der Waals surface area contributed by atoms with Gasteiger partial charge in [-0.3, -0.25) is 0 Å². The maximum absolute atomic E-state index is 14.0. The van der Waals surface area contributed by atoms with Crippen LogP contribution in [0.25, 0.3) is 5.69 Å². The second-order valence-corrected chi connectivity index (χ2v) is 5.78. The molecule has 0 fully saturated rings. The second-order valence-electron chi connectivity index (χ2n) is 4.87. The van der Waals surface area contributed by atoms with Gasteiger partial charge in [0.25, 0.3) is 0 Å². The Bertz CT molecular complexity index is 551. The summed E-state index contributed by atoms with van der Waals surface area (Å²) in [5.74, 6) is 0.328. The van der Waals surface area contributed by atoms with E-state index < -0.39 is 0 Å². The average Bonchev–Trinajstić information content (AvgIpc) is 2.77. The maximum Gasteiger partial charge on any atom is 0.129 e. The third kappa shape index (κ3) is 3.64. The molecule has 0 aliphatic carbocycles. The summed E-state index contributed by atoms with van der Waals surface area (Å²) in [5, 5.41) is 7.47. The molecule has 0 radical (unpaired) electrons. The minimum Gasteiger partial charge on any atom is -0.312 e. The predicted octanol–water partition coefficient (Wildman–Crippen LogP) is 3.52. The van der Waals surface area contributed by atoms with Gasteiger partial charge in [-0.1, -0.05) is 19.9 Å². The van der Waals surface area contributed by atoms with E-state index in [2.05, 4.69) is 40.2 Å². The quantitative estimate of drug-likeness (QED) is 0.911. The lowest BCUT2D eigenvalue weighted by atomic mass is 10.1. The third-order valence-corrected chi connectivity index (χ3v) is 3.16. The van der Waals surface area contributed by atoms with Crippen LogP contribution >= 0.6 is 15.9 Å². The van der Waals surface area contributed by atoms with Crippen molar-refractivity contribution in [3.8, 4) is 5.69 Å². The number of hydrogen-bond acceptors (Lipinski definition) is 2. The van der Waals surface area contributed by atoms with Gasteiger partial charge >= 0.3 is 0 Å². The van der Waals surface area contributed by atoms with E-state index in [4.69, 9.17) is 0 Å². The van der Waals surface area contributed by atoms with Crippen LogP contribution in [0.2, 0.25) is 0 Å². The minimum atomic E-state index is -0.208. The Balaban J connectivity index is 2.26. The van der Waals surface area contributed by atoms with Gasteiger partial charge in [-0.25, -0.2) is 9.07 Å². The van der Waals surface area contributed by atoms with E-state index >= 15 is 0 Å². The molecular weight excluding hydrogens is 309 g/mol. The summed E-state index contributed by atoms with van der Waals surface area (Å²) in [6, 6.07) is 5.05. The fraction of sp³-hybridized carbons (Fsp3) is 0.357. The van der Waals surface area contributed by atoms with E-state index in [0.29, 0.717) is 18.0 Å². The number of nitrogens with one attached hydrogen (secondary N) is 1. The first-order chi connectivity index (χ1) is 9.08. The topological polar surface area (TPSA) is 29.9 Å². The molecule has 1 aromatic heterocycles. The molecule has 1 heterocycles. The first-order valence-electron chi connectivity index (χ1n) is 6.26. The van der Waals surface area contributed by atoms with Crippen molar-refractivity contribution in [2.24, 2.45) is 5.92 Å². The molecule has 0 unspecified atom stereocenters. The lowest BCUT2D eigenvalue weighted by molar-refractivity contribution is 0.532. The van der Waals surface area contributed by atoms with Gasteiger partial charge in [0.15, 0.2) is 0 Å². The Labute approximate surface area is 121 Å². The Morgan fingerprint density at radius 3 is 2.84 bits per heavy atom. The van der Waals surface area contributed by atoms with Crippen molar-refractivity contribution in [2.75, 3.05) is 6.54 Å². The molecule has 2 rings (SSSR count). The molecule has 0 saturated heterocycles. The van der Waals surface area contributed by atoms with Gasteiger partial charge in [0.1, 0.15) is 5.82 Å². The van der Waals surface area contributed by atoms with Crippen LogP contribution in [-0.4, -0.2) is 16.3 Å². The summed E-state index contributed by atoms with van der Waals surface area (Å²) < 4.78 is 16.5. The first kappa shape index (κ1) is 14.2. The van der Waals surface area contributed by atoms with Crippen LogP contribution in [0.1, 0.15) is 19.4 Å². The Morgan fingerprint density at radius 1 is 1.42 bits per heavy atom. The highest BCUT2D eigenvalue weighted by Crippen LogP contribution is 2.19. The maximum atomic E-state index is 14.0. The lowest BCUT2D eigenvalue weighted by Crippen LogP contribution is -2.21. The van der Waals surface area contributed by atoms with Gasteiger partial charge in [-0.15, -0.1) is 0 Å². The molecule has 1 N–H and O–H groups in total. The zero-order chi connectivity index (χ0) is 13.8. The molecule has 0 spiro atoms. The van der Waals surface area contributed by atoms with Crippen molar-refractivity contribution in [1.82, 2.24) is 15.1 Å². The van der Waals surface area contributed by atoms with Gasteiger partial charge in [0.2, 0.25) is 0 Å². The van der Waals surface area contributed by atoms with Crippen molar-refractivity contribution >= 4 is 15.9 Å². The average molecular weight is 326 g/mol. The molecule has 102 valence electrons. The van der Waals surface area contributed by atoms with E-state index in [0.717, 1.165) is 16.7 Å². The summed E-state index contributed by atoms with van der Waals surface area (Å²) in [5.41, 5.74) is 1.40. The monoisotopic (exact) mass is 325 g/mol. The van der Waals surface area contributed by atoms with Crippen LogP contribution in [0, 0.1) is 11.7 Å². The smallest absolute Gasteiger partial charge is 0.129 e. The molecule has 3 nitrogen and oxygen atoms in total. The van der Waals surface area contributed by atoms with E-state index in [1.54, 1.807) is 16.9 Å². The second kappa shape index (κ2) is 6.30. The van der Waals surface area contributed by atoms with E-state index in [9.17, 15) is 4.39 Å². The SMILES string of the molecule is CC(C)CNCc1c(F)cccc1-n1cc(Br)cn1. The summed E-state index contributed by atoms with van der Waals surface area (Å²) in [6.45, 7) is 5.61.